The third-order valence-corrected chi connectivity index (χ3v) is 7.19. The highest BCUT2D eigenvalue weighted by Crippen LogP contribution is 2.45. The molecule has 0 amide bonds. The lowest BCUT2D eigenvalue weighted by Crippen LogP contribution is -2.60. The molecule has 7 N–H and O–H groups in total. The molecule has 2 aliphatic rings. The predicted molar refractivity (Wildman–Crippen MR) is 134 cm³/mol. The molecule has 3 aromatic rings. The monoisotopic (exact) mass is 560 g/mol. The summed E-state index contributed by atoms with van der Waals surface area (Å²) in [4.78, 5) is 26.2. The van der Waals surface area contributed by atoms with E-state index in [0.717, 1.165) is 12.1 Å². The first-order valence-electron chi connectivity index (χ1n) is 12.4. The SMILES string of the molecule is CC1O[C@H](c2c(O)cc3oc(-c4ccc(O)cc4)cc(=O)c3c2O)C(O[C@@H]2OC(C)[C@H](O)[C@H](O)C2O)C(=O)C1O. The molecule has 0 bridgehead atoms. The summed E-state index contributed by atoms with van der Waals surface area (Å²) in [5.41, 5.74) is -0.884. The number of rotatable bonds is 4. The van der Waals surface area contributed by atoms with Gasteiger partial charge in [-0.05, 0) is 38.1 Å². The van der Waals surface area contributed by atoms with Gasteiger partial charge in [-0.25, -0.2) is 0 Å². The Balaban J connectivity index is 1.58. The minimum atomic E-state index is -1.81. The van der Waals surface area contributed by atoms with E-state index in [1.165, 1.54) is 38.1 Å². The zero-order valence-corrected chi connectivity index (χ0v) is 21.2. The predicted octanol–water partition coefficient (Wildman–Crippen LogP) is 0.179. The third-order valence-electron chi connectivity index (χ3n) is 7.19. The second-order valence-electron chi connectivity index (χ2n) is 9.90. The summed E-state index contributed by atoms with van der Waals surface area (Å²) < 4.78 is 22.6. The van der Waals surface area contributed by atoms with E-state index in [-0.39, 0.29) is 22.5 Å². The van der Waals surface area contributed by atoms with Gasteiger partial charge in [0.15, 0.2) is 23.6 Å². The Morgan fingerprint density at radius 2 is 1.50 bits per heavy atom. The summed E-state index contributed by atoms with van der Waals surface area (Å²) in [5.74, 6) is -2.27. The lowest BCUT2D eigenvalue weighted by Gasteiger charge is -2.43. The normalized spacial score (nSPS) is 32.9. The van der Waals surface area contributed by atoms with Gasteiger partial charge in [0.25, 0.3) is 0 Å². The average molecular weight is 561 g/mol. The summed E-state index contributed by atoms with van der Waals surface area (Å²) in [7, 11) is 0. The van der Waals surface area contributed by atoms with Gasteiger partial charge in [0, 0.05) is 17.7 Å². The minimum Gasteiger partial charge on any atom is -0.508 e. The Labute approximate surface area is 226 Å². The summed E-state index contributed by atoms with van der Waals surface area (Å²) >= 11 is 0. The van der Waals surface area contributed by atoms with Gasteiger partial charge in [0.05, 0.1) is 17.8 Å². The fourth-order valence-corrected chi connectivity index (χ4v) is 4.91. The number of carbonyl (C=O) groups is 1. The van der Waals surface area contributed by atoms with Crippen LogP contribution in [0.1, 0.15) is 25.5 Å². The molecule has 0 saturated carbocycles. The van der Waals surface area contributed by atoms with Crippen LogP contribution in [-0.2, 0) is 19.0 Å². The van der Waals surface area contributed by atoms with Gasteiger partial charge in [-0.2, -0.15) is 0 Å². The lowest BCUT2D eigenvalue weighted by atomic mass is 9.90. The molecule has 1 aromatic heterocycles. The number of aromatic hydroxyl groups is 3. The van der Waals surface area contributed by atoms with E-state index in [1.54, 1.807) is 0 Å². The molecule has 2 fully saturated rings. The zero-order valence-electron chi connectivity index (χ0n) is 21.2. The van der Waals surface area contributed by atoms with Gasteiger partial charge < -0.3 is 54.4 Å². The Morgan fingerprint density at radius 3 is 2.17 bits per heavy atom. The molecule has 13 heteroatoms. The first-order valence-corrected chi connectivity index (χ1v) is 12.4. The fraction of sp³-hybridized carbons (Fsp3) is 0.407. The molecule has 0 aliphatic carbocycles. The molecule has 214 valence electrons. The zero-order chi connectivity index (χ0) is 29.0. The van der Waals surface area contributed by atoms with Crippen molar-refractivity contribution >= 4 is 16.8 Å². The van der Waals surface area contributed by atoms with Crippen molar-refractivity contribution in [1.82, 2.24) is 0 Å². The van der Waals surface area contributed by atoms with E-state index in [2.05, 4.69) is 0 Å². The quantitative estimate of drug-likeness (QED) is 0.227. The number of phenolic OH excluding ortho intramolecular Hbond substituents is 3. The maximum atomic E-state index is 13.1. The highest BCUT2D eigenvalue weighted by atomic mass is 16.7. The standard InChI is InChI=1S/C27H28O13/c1-9-20(32)23(35)26(40-27-24(36)22(34)19(31)10(2)38-27)25(37-9)18-14(30)8-16-17(21(18)33)13(29)7-15(39-16)11-3-5-12(28)6-4-11/h3-10,19-20,22,24-28,30-34,36H,1-2H3/t9?,10?,19-,20?,22-,24?,25+,26?,27-/m0/s1. The van der Waals surface area contributed by atoms with Crippen molar-refractivity contribution in [2.75, 3.05) is 0 Å². The second-order valence-corrected chi connectivity index (χ2v) is 9.90. The van der Waals surface area contributed by atoms with Crippen LogP contribution in [-0.4, -0.2) is 90.5 Å². The number of Topliss-reactive ketones (excluding diaryl/α,β-unsaturated/α-hetero) is 1. The van der Waals surface area contributed by atoms with E-state index in [0.29, 0.717) is 5.56 Å². The molecule has 0 spiro atoms. The Bertz CT molecular complexity index is 1480. The number of aliphatic hydroxyl groups is 4. The molecule has 2 aliphatic heterocycles. The summed E-state index contributed by atoms with van der Waals surface area (Å²) in [6.45, 7) is 2.77. The number of ether oxygens (including phenoxy) is 3. The van der Waals surface area contributed by atoms with Crippen molar-refractivity contribution in [3.05, 3.63) is 52.2 Å². The molecule has 13 nitrogen and oxygen atoms in total. The molecule has 5 rings (SSSR count). The number of fused-ring (bicyclic) bond motifs is 1. The summed E-state index contributed by atoms with van der Waals surface area (Å²) in [5, 5.41) is 72.2. The number of carbonyl (C=O) groups excluding carboxylic acids is 1. The van der Waals surface area contributed by atoms with Gasteiger partial charge in [0.1, 0.15) is 64.5 Å². The topological polar surface area (TPSA) is 217 Å². The van der Waals surface area contributed by atoms with E-state index >= 15 is 0 Å². The highest BCUT2D eigenvalue weighted by molar-refractivity contribution is 5.92. The van der Waals surface area contributed by atoms with Crippen LogP contribution in [0.15, 0.2) is 45.6 Å². The van der Waals surface area contributed by atoms with Gasteiger partial charge >= 0.3 is 0 Å². The summed E-state index contributed by atoms with van der Waals surface area (Å²) in [6.07, 6.45) is -13.9. The van der Waals surface area contributed by atoms with Gasteiger partial charge in [-0.15, -0.1) is 0 Å². The number of benzene rings is 2. The fourth-order valence-electron chi connectivity index (χ4n) is 4.91. The van der Waals surface area contributed by atoms with E-state index in [1.807, 2.05) is 0 Å². The minimum absolute atomic E-state index is 0.00347. The number of ketones is 1. The van der Waals surface area contributed by atoms with Crippen molar-refractivity contribution in [3.8, 4) is 28.6 Å². The third kappa shape index (κ3) is 4.71. The van der Waals surface area contributed by atoms with Crippen molar-refractivity contribution in [2.24, 2.45) is 0 Å². The van der Waals surface area contributed by atoms with Crippen LogP contribution in [0.3, 0.4) is 0 Å². The maximum Gasteiger partial charge on any atom is 0.197 e. The summed E-state index contributed by atoms with van der Waals surface area (Å²) in [6, 6.07) is 7.92. The van der Waals surface area contributed by atoms with Crippen LogP contribution in [0.25, 0.3) is 22.3 Å². The molecule has 5 unspecified atom stereocenters. The van der Waals surface area contributed by atoms with Crippen molar-refractivity contribution in [2.45, 2.75) is 69.0 Å². The van der Waals surface area contributed by atoms with Crippen LogP contribution in [0, 0.1) is 0 Å². The van der Waals surface area contributed by atoms with Crippen LogP contribution in [0.2, 0.25) is 0 Å². The Hall–Kier alpha value is -3.56. The highest BCUT2D eigenvalue weighted by Gasteiger charge is 2.50. The van der Waals surface area contributed by atoms with Crippen LogP contribution >= 0.6 is 0 Å². The van der Waals surface area contributed by atoms with E-state index < -0.39 is 83.4 Å². The van der Waals surface area contributed by atoms with E-state index in [4.69, 9.17) is 18.6 Å². The molecule has 3 heterocycles. The van der Waals surface area contributed by atoms with Gasteiger partial charge in [-0.1, -0.05) is 0 Å². The van der Waals surface area contributed by atoms with Crippen LogP contribution < -0.4 is 5.43 Å². The maximum absolute atomic E-state index is 13.1. The van der Waals surface area contributed by atoms with Crippen LogP contribution in [0.5, 0.6) is 17.2 Å². The largest absolute Gasteiger partial charge is 0.508 e. The molecular weight excluding hydrogens is 532 g/mol. The Morgan fingerprint density at radius 1 is 0.825 bits per heavy atom. The molecule has 0 radical (unpaired) electrons. The molecule has 9 atom stereocenters. The van der Waals surface area contributed by atoms with Gasteiger partial charge in [0.2, 0.25) is 0 Å². The average Bonchev–Trinajstić information content (AvgIpc) is 2.91. The molecule has 2 saturated heterocycles. The van der Waals surface area contributed by atoms with Crippen molar-refractivity contribution < 1.29 is 59.2 Å². The van der Waals surface area contributed by atoms with Crippen molar-refractivity contribution in [1.29, 1.82) is 0 Å². The van der Waals surface area contributed by atoms with Gasteiger partial charge in [-0.3, -0.25) is 9.59 Å². The first kappa shape index (κ1) is 28.0. The number of hydrogen-bond acceptors (Lipinski definition) is 13. The number of aliphatic hydroxyl groups excluding tert-OH is 4. The number of hydrogen-bond donors (Lipinski definition) is 7. The lowest BCUT2D eigenvalue weighted by molar-refractivity contribution is -0.314. The molecular formula is C27H28O13. The smallest absolute Gasteiger partial charge is 0.197 e. The molecule has 40 heavy (non-hydrogen) atoms. The number of phenols is 3. The Kier molecular flexibility index (Phi) is 7.31. The second kappa shape index (κ2) is 10.4. The molecule has 2 aromatic carbocycles. The first-order chi connectivity index (χ1) is 18.9. The van der Waals surface area contributed by atoms with Crippen molar-refractivity contribution in [3.63, 3.8) is 0 Å². The van der Waals surface area contributed by atoms with E-state index in [9.17, 15) is 45.3 Å². The van der Waals surface area contributed by atoms with Crippen LogP contribution in [0.4, 0.5) is 0 Å².